The molecule has 2 rings (SSSR count). The van der Waals surface area contributed by atoms with Crippen LogP contribution < -0.4 is 10.2 Å². The van der Waals surface area contributed by atoms with Crippen LogP contribution in [0.5, 0.6) is 0 Å². The molecule has 9 heteroatoms. The average molecular weight is 575 g/mol. The topological polar surface area (TPSA) is 84.0 Å². The van der Waals surface area contributed by atoms with E-state index < -0.39 is 5.60 Å². The maximum Gasteiger partial charge on any atom is 0.320 e. The van der Waals surface area contributed by atoms with Crippen molar-refractivity contribution in [2.45, 2.75) is 58.1 Å². The number of nitrogens with one attached hydrogen (secondary N) is 1. The average Bonchev–Trinajstić information content (AvgIpc) is 2.75. The summed E-state index contributed by atoms with van der Waals surface area (Å²) >= 11 is 2.27. The first-order valence-electron chi connectivity index (χ1n) is 11.6. The third-order valence-corrected chi connectivity index (χ3v) is 6.43. The fraction of sp³-hybridized carbons (Fsp3) is 0.708. The van der Waals surface area contributed by atoms with Crippen molar-refractivity contribution in [2.24, 2.45) is 5.92 Å². The highest BCUT2D eigenvalue weighted by atomic mass is 127. The number of pyridine rings is 1. The molecule has 1 N–H and O–H groups in total. The molecule has 1 aromatic rings. The lowest BCUT2D eigenvalue weighted by Gasteiger charge is -2.37. The predicted molar refractivity (Wildman–Crippen MR) is 138 cm³/mol. The van der Waals surface area contributed by atoms with E-state index in [1.165, 1.54) is 7.11 Å². The number of esters is 2. The summed E-state index contributed by atoms with van der Waals surface area (Å²) in [6, 6.07) is 4.48. The Morgan fingerprint density at radius 3 is 2.45 bits per heavy atom. The highest BCUT2D eigenvalue weighted by Crippen LogP contribution is 2.29. The third kappa shape index (κ3) is 10.6. The Morgan fingerprint density at radius 1 is 1.18 bits per heavy atom. The van der Waals surface area contributed by atoms with Gasteiger partial charge < -0.3 is 19.7 Å². The van der Waals surface area contributed by atoms with Gasteiger partial charge in [-0.25, -0.2) is 4.98 Å². The first kappa shape index (κ1) is 27.8. The number of aromatic nitrogens is 1. The molecule has 186 valence electrons. The molecule has 1 fully saturated rings. The van der Waals surface area contributed by atoms with Gasteiger partial charge in [0.05, 0.1) is 20.2 Å². The first-order valence-corrected chi connectivity index (χ1v) is 12.7. The largest absolute Gasteiger partial charge is 0.468 e. The van der Waals surface area contributed by atoms with E-state index in [-0.39, 0.29) is 25.0 Å². The molecule has 0 unspecified atom stereocenters. The maximum atomic E-state index is 12.0. The van der Waals surface area contributed by atoms with Gasteiger partial charge in [-0.1, -0.05) is 0 Å². The van der Waals surface area contributed by atoms with E-state index in [0.29, 0.717) is 25.0 Å². The Balaban J connectivity index is 1.80. The summed E-state index contributed by atoms with van der Waals surface area (Å²) in [4.78, 5) is 32.8. The first-order chi connectivity index (χ1) is 15.6. The standard InChI is InChI=1S/C24H39IN4O4/c1-24(2,3)33-22(30)15-26-12-13-29(17-23(31)32-5)20-9-6-18(7-10-20)16-28(4)21-11-8-19(25)14-27-21/h8,11,14,18,20,26H,6-7,9-10,12-13,15-17H2,1-5H3/t18-,20-. The van der Waals surface area contributed by atoms with E-state index in [0.717, 1.165) is 41.6 Å². The van der Waals surface area contributed by atoms with Gasteiger partial charge in [0.25, 0.3) is 0 Å². The molecule has 0 aromatic carbocycles. The molecule has 1 saturated carbocycles. The fourth-order valence-corrected chi connectivity index (χ4v) is 4.50. The number of hydrogen-bond donors (Lipinski definition) is 1. The quantitative estimate of drug-likeness (QED) is 0.245. The lowest BCUT2D eigenvalue weighted by Crippen LogP contribution is -2.46. The summed E-state index contributed by atoms with van der Waals surface area (Å²) < 4.78 is 11.4. The molecule has 1 aromatic heterocycles. The minimum absolute atomic E-state index is 0.162. The van der Waals surface area contributed by atoms with Crippen LogP contribution in [0.3, 0.4) is 0 Å². The Kier molecular flexibility index (Phi) is 11.3. The van der Waals surface area contributed by atoms with Crippen molar-refractivity contribution in [2.75, 3.05) is 51.8 Å². The van der Waals surface area contributed by atoms with Crippen molar-refractivity contribution < 1.29 is 19.1 Å². The number of hydrogen-bond acceptors (Lipinski definition) is 8. The number of rotatable bonds is 11. The Labute approximate surface area is 211 Å². The molecular formula is C24H39IN4O4. The number of anilines is 1. The lowest BCUT2D eigenvalue weighted by molar-refractivity contribution is -0.153. The predicted octanol–water partition coefficient (Wildman–Crippen LogP) is 3.09. The number of ether oxygens (including phenoxy) is 2. The lowest BCUT2D eigenvalue weighted by atomic mass is 9.85. The van der Waals surface area contributed by atoms with Crippen molar-refractivity contribution in [1.82, 2.24) is 15.2 Å². The molecule has 0 spiro atoms. The highest BCUT2D eigenvalue weighted by Gasteiger charge is 2.28. The SMILES string of the molecule is COC(=O)CN(CCNCC(=O)OC(C)(C)C)[C@H]1CC[C@H](CN(C)c2ccc(I)cn2)CC1. The molecule has 1 aliphatic rings. The number of carbonyl (C=O) groups is 2. The van der Waals surface area contributed by atoms with Crippen molar-refractivity contribution in [3.05, 3.63) is 21.9 Å². The monoisotopic (exact) mass is 574 g/mol. The minimum atomic E-state index is -0.489. The number of carbonyl (C=O) groups excluding carboxylic acids is 2. The Hall–Kier alpha value is -1.46. The summed E-state index contributed by atoms with van der Waals surface area (Å²) in [6.45, 7) is 8.27. The molecule has 0 aliphatic heterocycles. The Morgan fingerprint density at radius 2 is 1.88 bits per heavy atom. The summed E-state index contributed by atoms with van der Waals surface area (Å²) in [6.07, 6.45) is 6.21. The van der Waals surface area contributed by atoms with Crippen LogP contribution in [0.15, 0.2) is 18.3 Å². The molecule has 0 bridgehead atoms. The van der Waals surface area contributed by atoms with Gasteiger partial charge in [0, 0.05) is 42.5 Å². The van der Waals surface area contributed by atoms with Gasteiger partial charge in [0.15, 0.2) is 0 Å². The van der Waals surface area contributed by atoms with Gasteiger partial charge in [-0.15, -0.1) is 0 Å². The zero-order valence-corrected chi connectivity index (χ0v) is 22.8. The highest BCUT2D eigenvalue weighted by molar-refractivity contribution is 14.1. The minimum Gasteiger partial charge on any atom is -0.468 e. The molecule has 1 aliphatic carbocycles. The van der Waals surface area contributed by atoms with Crippen molar-refractivity contribution >= 4 is 40.3 Å². The van der Waals surface area contributed by atoms with Crippen LogP contribution in [-0.4, -0.2) is 80.3 Å². The van der Waals surface area contributed by atoms with Crippen molar-refractivity contribution in [3.63, 3.8) is 0 Å². The van der Waals surface area contributed by atoms with E-state index in [9.17, 15) is 9.59 Å². The second kappa shape index (κ2) is 13.4. The van der Waals surface area contributed by atoms with E-state index in [4.69, 9.17) is 9.47 Å². The fourth-order valence-electron chi connectivity index (χ4n) is 4.18. The van der Waals surface area contributed by atoms with Crippen LogP contribution in [0, 0.1) is 9.49 Å². The van der Waals surface area contributed by atoms with Crippen LogP contribution in [0.1, 0.15) is 46.5 Å². The van der Waals surface area contributed by atoms with Gasteiger partial charge in [0.1, 0.15) is 11.4 Å². The summed E-state index contributed by atoms with van der Waals surface area (Å²) in [5.41, 5.74) is -0.489. The molecule has 8 nitrogen and oxygen atoms in total. The molecule has 0 amide bonds. The van der Waals surface area contributed by atoms with Crippen LogP contribution >= 0.6 is 22.6 Å². The van der Waals surface area contributed by atoms with Crippen molar-refractivity contribution in [1.29, 1.82) is 0 Å². The second-order valence-corrected chi connectivity index (χ2v) is 10.9. The normalized spacial score (nSPS) is 18.8. The summed E-state index contributed by atoms with van der Waals surface area (Å²) in [7, 11) is 3.52. The molecule has 0 radical (unpaired) electrons. The number of halogens is 1. The molecule has 0 atom stereocenters. The summed E-state index contributed by atoms with van der Waals surface area (Å²) in [5.74, 6) is 1.11. The molecule has 0 saturated heterocycles. The molecule has 33 heavy (non-hydrogen) atoms. The Bertz CT molecular complexity index is 746. The molecule has 1 heterocycles. The van der Waals surface area contributed by atoms with Gasteiger partial charge >= 0.3 is 11.9 Å². The van der Waals surface area contributed by atoms with Gasteiger partial charge in [-0.2, -0.15) is 0 Å². The van der Waals surface area contributed by atoms with Crippen LogP contribution in [0.2, 0.25) is 0 Å². The van der Waals surface area contributed by atoms with E-state index in [1.54, 1.807) is 0 Å². The summed E-state index contributed by atoms with van der Waals surface area (Å²) in [5, 5.41) is 3.14. The van der Waals surface area contributed by atoms with Crippen LogP contribution in [0.4, 0.5) is 5.82 Å². The van der Waals surface area contributed by atoms with E-state index in [1.807, 2.05) is 27.0 Å². The second-order valence-electron chi connectivity index (χ2n) is 9.70. The smallest absolute Gasteiger partial charge is 0.320 e. The number of nitrogens with zero attached hydrogens (tertiary/aromatic N) is 3. The third-order valence-electron chi connectivity index (χ3n) is 5.79. The zero-order valence-electron chi connectivity index (χ0n) is 20.6. The van der Waals surface area contributed by atoms with E-state index in [2.05, 4.69) is 61.9 Å². The zero-order chi connectivity index (χ0) is 24.4. The maximum absolute atomic E-state index is 12.0. The van der Waals surface area contributed by atoms with Crippen LogP contribution in [-0.2, 0) is 19.1 Å². The van der Waals surface area contributed by atoms with E-state index >= 15 is 0 Å². The van der Waals surface area contributed by atoms with Crippen molar-refractivity contribution in [3.8, 4) is 0 Å². The van der Waals surface area contributed by atoms with Gasteiger partial charge in [-0.05, 0) is 87.1 Å². The number of methoxy groups -OCH3 is 1. The van der Waals surface area contributed by atoms with Gasteiger partial charge in [-0.3, -0.25) is 14.5 Å². The van der Waals surface area contributed by atoms with Gasteiger partial charge in [0.2, 0.25) is 0 Å². The molecular weight excluding hydrogens is 535 g/mol. The van der Waals surface area contributed by atoms with Crippen LogP contribution in [0.25, 0.3) is 0 Å².